The van der Waals surface area contributed by atoms with E-state index in [-0.39, 0.29) is 13.1 Å². The Morgan fingerprint density at radius 2 is 1.91 bits per heavy atom. The Balaban J connectivity index is 1.82. The zero-order valence-electron chi connectivity index (χ0n) is 17.4. The van der Waals surface area contributed by atoms with Gasteiger partial charge in [-0.1, -0.05) is 41.4 Å². The minimum atomic E-state index is -0.827. The third kappa shape index (κ3) is 4.92. The Kier molecular flexibility index (Phi) is 6.48. The van der Waals surface area contributed by atoms with Gasteiger partial charge in [0.2, 0.25) is 5.69 Å². The average molecular weight is 485 g/mol. The molecule has 4 rings (SSSR count). The van der Waals surface area contributed by atoms with Gasteiger partial charge >= 0.3 is 5.69 Å². The molecule has 0 saturated carbocycles. The SMILES string of the molecule is Cc1ccc(-n2nc(C(=O)NCc3ccco3)c(=O)n(Cc3cccc(Cl)c3)c2=O)cc1Cl. The lowest BCUT2D eigenvalue weighted by Crippen LogP contribution is -2.46. The van der Waals surface area contributed by atoms with Crippen molar-refractivity contribution in [2.45, 2.75) is 20.0 Å². The summed E-state index contributed by atoms with van der Waals surface area (Å²) in [6, 6.07) is 15.0. The lowest BCUT2D eigenvalue weighted by Gasteiger charge is -2.13. The minimum absolute atomic E-state index is 0.0523. The van der Waals surface area contributed by atoms with Crippen LogP contribution in [0.4, 0.5) is 0 Å². The van der Waals surface area contributed by atoms with Gasteiger partial charge in [0.1, 0.15) is 5.76 Å². The van der Waals surface area contributed by atoms with E-state index in [1.165, 1.54) is 6.26 Å². The Morgan fingerprint density at radius 1 is 1.09 bits per heavy atom. The third-order valence-corrected chi connectivity index (χ3v) is 5.55. The number of hydrogen-bond donors (Lipinski definition) is 1. The van der Waals surface area contributed by atoms with Crippen LogP contribution < -0.4 is 16.6 Å². The van der Waals surface area contributed by atoms with Crippen molar-refractivity contribution >= 4 is 29.1 Å². The summed E-state index contributed by atoms with van der Waals surface area (Å²) in [5, 5.41) is 7.54. The number of hydrogen-bond acceptors (Lipinski definition) is 5. The molecule has 0 aliphatic rings. The van der Waals surface area contributed by atoms with Gasteiger partial charge in [-0.2, -0.15) is 9.78 Å². The maximum atomic E-state index is 13.2. The van der Waals surface area contributed by atoms with Crippen LogP contribution in [0.1, 0.15) is 27.4 Å². The van der Waals surface area contributed by atoms with Crippen molar-refractivity contribution in [3.05, 3.63) is 114 Å². The van der Waals surface area contributed by atoms with Gasteiger partial charge in [-0.15, -0.1) is 0 Å². The van der Waals surface area contributed by atoms with Gasteiger partial charge in [-0.05, 0) is 54.4 Å². The number of halogens is 2. The summed E-state index contributed by atoms with van der Waals surface area (Å²) in [5.74, 6) is -0.246. The number of nitrogens with zero attached hydrogens (tertiary/aromatic N) is 3. The normalized spacial score (nSPS) is 10.9. The Labute approximate surface area is 198 Å². The second-order valence-corrected chi connectivity index (χ2v) is 8.10. The quantitative estimate of drug-likeness (QED) is 0.450. The molecule has 2 heterocycles. The highest BCUT2D eigenvalue weighted by Gasteiger charge is 2.21. The highest BCUT2D eigenvalue weighted by Crippen LogP contribution is 2.18. The Morgan fingerprint density at radius 3 is 2.61 bits per heavy atom. The van der Waals surface area contributed by atoms with Crippen molar-refractivity contribution in [3.63, 3.8) is 0 Å². The van der Waals surface area contributed by atoms with Crippen LogP contribution in [-0.4, -0.2) is 20.3 Å². The van der Waals surface area contributed by atoms with Crippen molar-refractivity contribution in [1.29, 1.82) is 0 Å². The number of benzene rings is 2. The number of rotatable bonds is 6. The summed E-state index contributed by atoms with van der Waals surface area (Å²) in [6.07, 6.45) is 1.47. The average Bonchev–Trinajstić information content (AvgIpc) is 3.31. The van der Waals surface area contributed by atoms with Crippen LogP contribution in [0.3, 0.4) is 0 Å². The molecule has 0 unspecified atom stereocenters. The Hall–Kier alpha value is -3.62. The molecule has 0 bridgehead atoms. The molecule has 0 atom stereocenters. The van der Waals surface area contributed by atoms with Gasteiger partial charge in [-0.3, -0.25) is 14.2 Å². The highest BCUT2D eigenvalue weighted by atomic mass is 35.5. The second-order valence-electron chi connectivity index (χ2n) is 7.26. The largest absolute Gasteiger partial charge is 0.467 e. The molecule has 0 aliphatic carbocycles. The number of carbonyl (C=O) groups is 1. The van der Waals surface area contributed by atoms with Crippen LogP contribution in [0.15, 0.2) is 74.9 Å². The van der Waals surface area contributed by atoms with Gasteiger partial charge in [0.25, 0.3) is 11.5 Å². The van der Waals surface area contributed by atoms with Crippen LogP contribution in [-0.2, 0) is 13.1 Å². The number of aromatic nitrogens is 3. The van der Waals surface area contributed by atoms with E-state index in [0.717, 1.165) is 14.8 Å². The van der Waals surface area contributed by atoms with Crippen molar-refractivity contribution in [2.75, 3.05) is 0 Å². The summed E-state index contributed by atoms with van der Waals surface area (Å²) in [6.45, 7) is 1.77. The maximum absolute atomic E-state index is 13.2. The maximum Gasteiger partial charge on any atom is 0.352 e. The summed E-state index contributed by atoms with van der Waals surface area (Å²) in [4.78, 5) is 39.2. The molecule has 8 nitrogen and oxygen atoms in total. The van der Waals surface area contributed by atoms with E-state index in [0.29, 0.717) is 27.1 Å². The first-order valence-electron chi connectivity index (χ1n) is 9.89. The summed E-state index contributed by atoms with van der Waals surface area (Å²) in [5.41, 5.74) is -0.260. The minimum Gasteiger partial charge on any atom is -0.467 e. The molecule has 0 fully saturated rings. The lowest BCUT2D eigenvalue weighted by atomic mass is 10.2. The van der Waals surface area contributed by atoms with E-state index in [2.05, 4.69) is 10.4 Å². The van der Waals surface area contributed by atoms with Crippen molar-refractivity contribution < 1.29 is 9.21 Å². The number of carbonyl (C=O) groups excluding carboxylic acids is 1. The molecule has 4 aromatic rings. The molecular formula is C23H18Cl2N4O4. The fourth-order valence-electron chi connectivity index (χ4n) is 3.16. The fraction of sp³-hybridized carbons (Fsp3) is 0.130. The molecule has 2 aromatic carbocycles. The smallest absolute Gasteiger partial charge is 0.352 e. The molecule has 10 heteroatoms. The molecule has 0 radical (unpaired) electrons. The number of furan rings is 1. The van der Waals surface area contributed by atoms with Crippen LogP contribution in [0, 0.1) is 6.92 Å². The summed E-state index contributed by atoms with van der Waals surface area (Å²) >= 11 is 12.3. The molecule has 168 valence electrons. The van der Waals surface area contributed by atoms with Crippen molar-refractivity contribution in [2.24, 2.45) is 0 Å². The molecule has 0 saturated heterocycles. The van der Waals surface area contributed by atoms with E-state index in [9.17, 15) is 14.4 Å². The number of nitrogens with one attached hydrogen (secondary N) is 1. The predicted molar refractivity (Wildman–Crippen MR) is 124 cm³/mol. The Bertz CT molecular complexity index is 1440. The third-order valence-electron chi connectivity index (χ3n) is 4.91. The van der Waals surface area contributed by atoms with E-state index in [1.54, 1.807) is 54.6 Å². The van der Waals surface area contributed by atoms with Crippen LogP contribution >= 0.6 is 23.2 Å². The van der Waals surface area contributed by atoms with Gasteiger partial charge in [0.05, 0.1) is 25.0 Å². The molecule has 1 amide bonds. The molecule has 1 N–H and O–H groups in total. The van der Waals surface area contributed by atoms with Crippen LogP contribution in [0.5, 0.6) is 0 Å². The van der Waals surface area contributed by atoms with Gasteiger partial charge in [0, 0.05) is 10.0 Å². The first-order chi connectivity index (χ1) is 15.8. The highest BCUT2D eigenvalue weighted by molar-refractivity contribution is 6.31. The zero-order chi connectivity index (χ0) is 23.5. The standard InChI is InChI=1S/C23H18Cl2N4O4/c1-14-7-8-17(11-19(14)25)29-23(32)28(13-15-4-2-5-16(24)10-15)22(31)20(27-29)21(30)26-12-18-6-3-9-33-18/h2-11H,12-13H2,1H3,(H,26,30). The van der Waals surface area contributed by atoms with Gasteiger partial charge in [-0.25, -0.2) is 4.79 Å². The van der Waals surface area contributed by atoms with Crippen molar-refractivity contribution in [3.8, 4) is 5.69 Å². The summed E-state index contributed by atoms with van der Waals surface area (Å²) < 4.78 is 7.12. The lowest BCUT2D eigenvalue weighted by molar-refractivity contribution is 0.0938. The summed E-state index contributed by atoms with van der Waals surface area (Å²) in [7, 11) is 0. The molecule has 0 aliphatic heterocycles. The second kappa shape index (κ2) is 9.48. The molecule has 0 spiro atoms. The molecule has 2 aromatic heterocycles. The van der Waals surface area contributed by atoms with E-state index >= 15 is 0 Å². The van der Waals surface area contributed by atoms with Crippen molar-refractivity contribution in [1.82, 2.24) is 19.7 Å². The monoisotopic (exact) mass is 484 g/mol. The van der Waals surface area contributed by atoms with E-state index in [4.69, 9.17) is 27.6 Å². The van der Waals surface area contributed by atoms with Crippen LogP contribution in [0.2, 0.25) is 10.0 Å². The first-order valence-corrected chi connectivity index (χ1v) is 10.6. The van der Waals surface area contributed by atoms with Gasteiger partial charge < -0.3 is 9.73 Å². The number of aryl methyl sites for hydroxylation is 1. The van der Waals surface area contributed by atoms with Gasteiger partial charge in [0.15, 0.2) is 0 Å². The zero-order valence-corrected chi connectivity index (χ0v) is 18.9. The predicted octanol–water partition coefficient (Wildman–Crippen LogP) is 3.58. The van der Waals surface area contributed by atoms with E-state index in [1.807, 2.05) is 6.92 Å². The first kappa shape index (κ1) is 22.6. The van der Waals surface area contributed by atoms with E-state index < -0.39 is 22.9 Å². The number of amides is 1. The fourth-order valence-corrected chi connectivity index (χ4v) is 3.55. The molecular weight excluding hydrogens is 467 g/mol. The molecule has 33 heavy (non-hydrogen) atoms. The van der Waals surface area contributed by atoms with Crippen LogP contribution in [0.25, 0.3) is 5.69 Å². The topological polar surface area (TPSA) is 99.1 Å².